The Balaban J connectivity index is 0. The third-order valence-electron chi connectivity index (χ3n) is 0.962. The van der Waals surface area contributed by atoms with Gasteiger partial charge in [-0.15, -0.1) is 0 Å². The Bertz CT molecular complexity index is 54.9. The van der Waals surface area contributed by atoms with Crippen LogP contribution in [0, 0.1) is 6.58 Å². The van der Waals surface area contributed by atoms with Gasteiger partial charge in [-0.3, -0.25) is 0 Å². The maximum Gasteiger partial charge on any atom is 1.00 e. The number of hydrogen-bond acceptors (Lipinski definition) is 0. The zero-order valence-electron chi connectivity index (χ0n) is 5.69. The van der Waals surface area contributed by atoms with E-state index in [9.17, 15) is 0 Å². The summed E-state index contributed by atoms with van der Waals surface area (Å²) in [5.74, 6) is 0. The van der Waals surface area contributed by atoms with Gasteiger partial charge in [0.1, 0.15) is 0 Å². The summed E-state index contributed by atoms with van der Waals surface area (Å²) in [7, 11) is 0. The van der Waals surface area contributed by atoms with E-state index in [0.717, 1.165) is 0 Å². The van der Waals surface area contributed by atoms with Crippen LogP contribution < -0.4 is 0 Å². The van der Waals surface area contributed by atoms with Crippen LogP contribution in [-0.2, 0) is 17.1 Å². The molecule has 0 fully saturated rings. The zero-order valence-corrected chi connectivity index (χ0v) is 8.35. The molecule has 0 aliphatic carbocycles. The molecule has 0 radical (unpaired) electrons. The molecule has 0 aliphatic heterocycles. The molecule has 0 bridgehead atoms. The van der Waals surface area contributed by atoms with Gasteiger partial charge in [0.05, 0.1) is 0 Å². The van der Waals surface area contributed by atoms with Crippen molar-refractivity contribution in [3.8, 4) is 0 Å². The van der Waals surface area contributed by atoms with Gasteiger partial charge in [-0.1, -0.05) is 0 Å². The Morgan fingerprint density at radius 1 is 1.44 bits per heavy atom. The van der Waals surface area contributed by atoms with Gasteiger partial charge < -0.3 is 0 Å². The minimum atomic E-state index is 0. The van der Waals surface area contributed by atoms with Gasteiger partial charge in [-0.05, 0) is 0 Å². The molecule has 0 saturated heterocycles. The molecule has 9 heavy (non-hydrogen) atoms. The van der Waals surface area contributed by atoms with E-state index in [4.69, 9.17) is 6.58 Å². The summed E-state index contributed by atoms with van der Waals surface area (Å²) in [5, 5.41) is 1.33. The first kappa shape index (κ1) is 12.5. The first-order valence-electron chi connectivity index (χ1n) is 3.06. The van der Waals surface area contributed by atoms with Crippen LogP contribution >= 0.6 is 0 Å². The van der Waals surface area contributed by atoms with Crippen LogP contribution in [-0.4, -0.2) is 15.0 Å². The molecular formula is C7H13CuSe. The molecule has 2 heteroatoms. The van der Waals surface area contributed by atoms with Gasteiger partial charge in [0, 0.05) is 0 Å². The zero-order chi connectivity index (χ0) is 6.24. The standard InChI is InChI=1S/C7H13Se.Cu/c1-3-5-6-7-8-4-2;/h2,4H,3,5-7H2,1H3;/q-1;+1. The van der Waals surface area contributed by atoms with Crippen molar-refractivity contribution in [2.75, 3.05) is 0 Å². The second kappa shape index (κ2) is 11.6. The van der Waals surface area contributed by atoms with Crippen molar-refractivity contribution in [3.63, 3.8) is 0 Å². The van der Waals surface area contributed by atoms with E-state index >= 15 is 0 Å². The second-order valence-corrected chi connectivity index (χ2v) is 3.84. The monoisotopic (exact) mass is 240 g/mol. The minimum absolute atomic E-state index is 0. The SMILES string of the molecule is [CH-]=C[Se]CCCCC.[Cu+]. The second-order valence-electron chi connectivity index (χ2n) is 1.71. The molecule has 0 saturated carbocycles. The summed E-state index contributed by atoms with van der Waals surface area (Å²) >= 11 is 0.620. The van der Waals surface area contributed by atoms with E-state index in [0.29, 0.717) is 15.0 Å². The molecule has 0 spiro atoms. The normalized spacial score (nSPS) is 8.11. The van der Waals surface area contributed by atoms with E-state index < -0.39 is 0 Å². The molecule has 0 atom stereocenters. The molecular weight excluding hydrogens is 227 g/mol. The summed E-state index contributed by atoms with van der Waals surface area (Å²) in [6, 6.07) is 0. The average molecular weight is 240 g/mol. The Morgan fingerprint density at radius 3 is 2.56 bits per heavy atom. The molecule has 0 aromatic heterocycles. The van der Waals surface area contributed by atoms with Gasteiger partial charge >= 0.3 is 75.1 Å². The molecule has 0 N–H and O–H groups in total. The fourth-order valence-corrected chi connectivity index (χ4v) is 1.57. The van der Waals surface area contributed by atoms with E-state index in [2.05, 4.69) is 6.92 Å². The van der Waals surface area contributed by atoms with E-state index in [1.165, 1.54) is 24.6 Å². The summed E-state index contributed by atoms with van der Waals surface area (Å²) in [4.78, 5) is 1.81. The quantitative estimate of drug-likeness (QED) is 0.392. The number of hydrogen-bond donors (Lipinski definition) is 0. The first-order valence-corrected chi connectivity index (χ1v) is 5.27. The topological polar surface area (TPSA) is 0 Å². The predicted molar refractivity (Wildman–Crippen MR) is 39.0 cm³/mol. The first-order chi connectivity index (χ1) is 3.91. The van der Waals surface area contributed by atoms with E-state index in [1.807, 2.05) is 4.97 Å². The van der Waals surface area contributed by atoms with Gasteiger partial charge in [0.2, 0.25) is 0 Å². The van der Waals surface area contributed by atoms with Crippen LogP contribution in [0.5, 0.6) is 0 Å². The van der Waals surface area contributed by atoms with E-state index in [-0.39, 0.29) is 17.1 Å². The van der Waals surface area contributed by atoms with Crippen molar-refractivity contribution >= 4 is 15.0 Å². The molecule has 58 valence electrons. The van der Waals surface area contributed by atoms with Crippen LogP contribution in [0.1, 0.15) is 26.2 Å². The maximum atomic E-state index is 5.21. The van der Waals surface area contributed by atoms with Crippen LogP contribution in [0.4, 0.5) is 0 Å². The van der Waals surface area contributed by atoms with Crippen LogP contribution in [0.2, 0.25) is 5.32 Å². The Morgan fingerprint density at radius 2 is 2.11 bits per heavy atom. The number of unbranched alkanes of at least 4 members (excludes halogenated alkanes) is 2. The Hall–Kier alpha value is 0.779. The van der Waals surface area contributed by atoms with Gasteiger partial charge in [0.25, 0.3) is 0 Å². The molecule has 0 aromatic carbocycles. The molecule has 0 rings (SSSR count). The summed E-state index contributed by atoms with van der Waals surface area (Å²) in [6.45, 7) is 7.43. The maximum absolute atomic E-state index is 5.21. The molecule has 0 aliphatic rings. The molecule has 0 heterocycles. The van der Waals surface area contributed by atoms with Crippen molar-refractivity contribution in [2.24, 2.45) is 0 Å². The van der Waals surface area contributed by atoms with E-state index in [1.54, 1.807) is 0 Å². The van der Waals surface area contributed by atoms with Crippen molar-refractivity contribution in [3.05, 3.63) is 11.6 Å². The van der Waals surface area contributed by atoms with Crippen molar-refractivity contribution in [1.82, 2.24) is 0 Å². The van der Waals surface area contributed by atoms with Crippen molar-refractivity contribution in [2.45, 2.75) is 31.5 Å². The molecule has 0 aromatic rings. The van der Waals surface area contributed by atoms with Gasteiger partial charge in [0.15, 0.2) is 0 Å². The third-order valence-corrected chi connectivity index (χ3v) is 2.47. The molecule has 0 amide bonds. The predicted octanol–water partition coefficient (Wildman–Crippen LogP) is 2.24. The minimum Gasteiger partial charge on any atom is 1.00 e. The average Bonchev–Trinajstić information content (AvgIpc) is 1.81. The van der Waals surface area contributed by atoms with Crippen molar-refractivity contribution in [1.29, 1.82) is 0 Å². The summed E-state index contributed by atoms with van der Waals surface area (Å²) in [5.41, 5.74) is 0. The van der Waals surface area contributed by atoms with Gasteiger partial charge in [-0.25, -0.2) is 0 Å². The van der Waals surface area contributed by atoms with Crippen molar-refractivity contribution < 1.29 is 17.1 Å². The van der Waals surface area contributed by atoms with Gasteiger partial charge in [-0.2, -0.15) is 0 Å². The molecule has 0 nitrogen and oxygen atoms in total. The number of rotatable bonds is 5. The largest absolute Gasteiger partial charge is 1.00 e. The third kappa shape index (κ3) is 12.1. The summed E-state index contributed by atoms with van der Waals surface area (Å²) in [6.07, 6.45) is 4.06. The van der Waals surface area contributed by atoms with Crippen LogP contribution in [0.15, 0.2) is 4.97 Å². The van der Waals surface area contributed by atoms with Crippen LogP contribution in [0.3, 0.4) is 0 Å². The Kier molecular flexibility index (Phi) is 16.0. The van der Waals surface area contributed by atoms with Crippen LogP contribution in [0.25, 0.3) is 0 Å². The Labute approximate surface area is 75.1 Å². The fraction of sp³-hybridized carbons (Fsp3) is 0.714. The smallest absolute Gasteiger partial charge is 1.00 e. The fourth-order valence-electron chi connectivity index (χ4n) is 0.503. The molecule has 0 unspecified atom stereocenters. The summed E-state index contributed by atoms with van der Waals surface area (Å²) < 4.78 is 0.